The van der Waals surface area contributed by atoms with Gasteiger partial charge in [-0.1, -0.05) is 0 Å². The highest BCUT2D eigenvalue weighted by molar-refractivity contribution is 5.22. The maximum Gasteiger partial charge on any atom is 0.141 e. The second-order valence-corrected chi connectivity index (χ2v) is 1.59. The van der Waals surface area contributed by atoms with Crippen molar-refractivity contribution in [1.82, 2.24) is 9.97 Å². The van der Waals surface area contributed by atoms with Crippen LogP contribution in [-0.4, -0.2) is 15.1 Å². The first-order chi connectivity index (χ1) is 4.33. The highest BCUT2D eigenvalue weighted by Crippen LogP contribution is 1.93. The minimum absolute atomic E-state index is 0.0900. The van der Waals surface area contributed by atoms with Gasteiger partial charge in [0.1, 0.15) is 5.82 Å². The number of aliphatic hydroxyl groups excluding tert-OH is 1. The lowest BCUT2D eigenvalue weighted by Crippen LogP contribution is -1.94. The Morgan fingerprint density at radius 1 is 1.44 bits per heavy atom. The number of hydrogen-bond donors (Lipinski definition) is 2. The minimum atomic E-state index is -0.0900. The molecule has 0 saturated carbocycles. The molecule has 1 aromatic heterocycles. The van der Waals surface area contributed by atoms with E-state index in [0.717, 1.165) is 0 Å². The van der Waals surface area contributed by atoms with Gasteiger partial charge in [-0.3, -0.25) is 4.98 Å². The highest BCUT2D eigenvalue weighted by atomic mass is 16.3. The highest BCUT2D eigenvalue weighted by Gasteiger charge is 1.89. The van der Waals surface area contributed by atoms with E-state index in [4.69, 9.17) is 10.8 Å². The van der Waals surface area contributed by atoms with E-state index in [1.54, 1.807) is 0 Å². The van der Waals surface area contributed by atoms with Crippen molar-refractivity contribution in [2.24, 2.45) is 0 Å². The van der Waals surface area contributed by atoms with Crippen molar-refractivity contribution < 1.29 is 5.11 Å². The summed E-state index contributed by atoms with van der Waals surface area (Å²) in [7, 11) is 0. The molecule has 0 aliphatic heterocycles. The van der Waals surface area contributed by atoms with E-state index in [1.807, 2.05) is 0 Å². The Balaban J connectivity index is 2.88. The first kappa shape index (κ1) is 5.97. The first-order valence-corrected chi connectivity index (χ1v) is 2.50. The summed E-state index contributed by atoms with van der Waals surface area (Å²) in [6, 6.07) is 0. The van der Waals surface area contributed by atoms with Gasteiger partial charge >= 0.3 is 0 Å². The number of hydrogen-bond acceptors (Lipinski definition) is 4. The predicted molar refractivity (Wildman–Crippen MR) is 32.4 cm³/mol. The summed E-state index contributed by atoms with van der Waals surface area (Å²) in [5.74, 6) is 0.368. The molecular formula is C5H7N3O. The summed E-state index contributed by atoms with van der Waals surface area (Å²) in [4.78, 5) is 7.46. The number of nitrogen functional groups attached to an aromatic ring is 1. The number of rotatable bonds is 1. The van der Waals surface area contributed by atoms with Crippen molar-refractivity contribution in [3.05, 3.63) is 18.1 Å². The third-order valence-electron chi connectivity index (χ3n) is 0.887. The maximum absolute atomic E-state index is 8.49. The number of aliphatic hydroxyl groups is 1. The molecule has 0 bridgehead atoms. The van der Waals surface area contributed by atoms with Crippen molar-refractivity contribution in [3.63, 3.8) is 0 Å². The van der Waals surface area contributed by atoms with Gasteiger partial charge in [-0.25, -0.2) is 4.98 Å². The predicted octanol–water partition coefficient (Wildman–Crippen LogP) is -0.449. The summed E-state index contributed by atoms with van der Waals surface area (Å²) in [5, 5.41) is 8.49. The Labute approximate surface area is 52.4 Å². The fourth-order valence-electron chi connectivity index (χ4n) is 0.446. The van der Waals surface area contributed by atoms with Crippen molar-refractivity contribution in [1.29, 1.82) is 0 Å². The van der Waals surface area contributed by atoms with E-state index in [9.17, 15) is 0 Å². The Kier molecular flexibility index (Phi) is 1.60. The lowest BCUT2D eigenvalue weighted by molar-refractivity contribution is 0.276. The van der Waals surface area contributed by atoms with Crippen molar-refractivity contribution in [3.8, 4) is 0 Å². The van der Waals surface area contributed by atoms with Crippen LogP contribution in [0.5, 0.6) is 0 Å². The Bertz CT molecular complexity index is 184. The Morgan fingerprint density at radius 3 is 2.67 bits per heavy atom. The molecule has 0 saturated heterocycles. The van der Waals surface area contributed by atoms with E-state index >= 15 is 0 Å². The van der Waals surface area contributed by atoms with Crippen molar-refractivity contribution in [2.45, 2.75) is 6.61 Å². The normalized spacial score (nSPS) is 9.44. The lowest BCUT2D eigenvalue weighted by atomic mass is 10.5. The number of anilines is 1. The van der Waals surface area contributed by atoms with Gasteiger partial charge in [-0.05, 0) is 0 Å². The van der Waals surface area contributed by atoms with Crippen LogP contribution < -0.4 is 5.73 Å². The van der Waals surface area contributed by atoms with Gasteiger partial charge in [0.05, 0.1) is 24.7 Å². The molecule has 4 heteroatoms. The number of nitrogens with zero attached hydrogens (tertiary/aromatic N) is 2. The van der Waals surface area contributed by atoms with Crippen LogP contribution in [-0.2, 0) is 6.61 Å². The smallest absolute Gasteiger partial charge is 0.141 e. The molecule has 0 amide bonds. The van der Waals surface area contributed by atoms with Gasteiger partial charge in [0, 0.05) is 0 Å². The Morgan fingerprint density at radius 2 is 2.22 bits per heavy atom. The van der Waals surface area contributed by atoms with Crippen LogP contribution in [0.4, 0.5) is 5.82 Å². The van der Waals surface area contributed by atoms with Gasteiger partial charge in [-0.2, -0.15) is 0 Å². The van der Waals surface area contributed by atoms with Crippen LogP contribution in [0, 0.1) is 0 Å². The van der Waals surface area contributed by atoms with E-state index < -0.39 is 0 Å². The molecule has 0 atom stereocenters. The van der Waals surface area contributed by atoms with E-state index in [0.29, 0.717) is 11.5 Å². The molecular weight excluding hydrogens is 118 g/mol. The van der Waals surface area contributed by atoms with E-state index in [2.05, 4.69) is 9.97 Å². The standard InChI is InChI=1S/C5H7N3O/c6-5-2-7-4(3-9)1-8-5/h1-2,9H,3H2,(H2,6,8). The minimum Gasteiger partial charge on any atom is -0.390 e. The summed E-state index contributed by atoms with van der Waals surface area (Å²) in [6.07, 6.45) is 2.85. The van der Waals surface area contributed by atoms with Crippen LogP contribution in [0.25, 0.3) is 0 Å². The van der Waals surface area contributed by atoms with Crippen LogP contribution in [0.2, 0.25) is 0 Å². The summed E-state index contributed by atoms with van der Waals surface area (Å²) in [5.41, 5.74) is 5.76. The number of aromatic nitrogens is 2. The van der Waals surface area contributed by atoms with Crippen LogP contribution in [0.15, 0.2) is 12.4 Å². The zero-order chi connectivity index (χ0) is 6.69. The SMILES string of the molecule is Nc1cnc(CO)cn1. The molecule has 48 valence electrons. The average molecular weight is 125 g/mol. The zero-order valence-corrected chi connectivity index (χ0v) is 4.78. The van der Waals surface area contributed by atoms with Crippen molar-refractivity contribution in [2.75, 3.05) is 5.73 Å². The van der Waals surface area contributed by atoms with E-state index in [-0.39, 0.29) is 6.61 Å². The molecule has 0 aromatic carbocycles. The first-order valence-electron chi connectivity index (χ1n) is 2.50. The molecule has 0 fully saturated rings. The molecule has 9 heavy (non-hydrogen) atoms. The molecule has 1 rings (SSSR count). The molecule has 0 aliphatic rings. The topological polar surface area (TPSA) is 72.0 Å². The quantitative estimate of drug-likeness (QED) is 0.533. The third-order valence-corrected chi connectivity index (χ3v) is 0.887. The van der Waals surface area contributed by atoms with Crippen LogP contribution >= 0.6 is 0 Å². The summed E-state index contributed by atoms with van der Waals surface area (Å²) < 4.78 is 0. The van der Waals surface area contributed by atoms with E-state index in [1.165, 1.54) is 12.4 Å². The molecule has 3 N–H and O–H groups in total. The van der Waals surface area contributed by atoms with Gasteiger partial charge in [0.15, 0.2) is 0 Å². The fraction of sp³-hybridized carbons (Fsp3) is 0.200. The lowest BCUT2D eigenvalue weighted by Gasteiger charge is -1.92. The third kappa shape index (κ3) is 1.36. The van der Waals surface area contributed by atoms with Crippen molar-refractivity contribution >= 4 is 5.82 Å². The fourth-order valence-corrected chi connectivity index (χ4v) is 0.446. The molecule has 1 heterocycles. The monoisotopic (exact) mass is 125 g/mol. The van der Waals surface area contributed by atoms with Gasteiger partial charge in [0.2, 0.25) is 0 Å². The van der Waals surface area contributed by atoms with Crippen LogP contribution in [0.3, 0.4) is 0 Å². The summed E-state index contributed by atoms with van der Waals surface area (Å²) >= 11 is 0. The van der Waals surface area contributed by atoms with Crippen LogP contribution in [0.1, 0.15) is 5.69 Å². The maximum atomic E-state index is 8.49. The molecule has 1 aromatic rings. The second-order valence-electron chi connectivity index (χ2n) is 1.59. The molecule has 0 unspecified atom stereocenters. The number of nitrogens with two attached hydrogens (primary N) is 1. The summed E-state index contributed by atoms with van der Waals surface area (Å²) in [6.45, 7) is -0.0900. The van der Waals surface area contributed by atoms with Gasteiger partial charge < -0.3 is 10.8 Å². The van der Waals surface area contributed by atoms with Gasteiger partial charge in [-0.15, -0.1) is 0 Å². The average Bonchev–Trinajstić information content (AvgIpc) is 1.90. The Hall–Kier alpha value is -1.16. The molecule has 0 radical (unpaired) electrons. The largest absolute Gasteiger partial charge is 0.390 e. The van der Waals surface area contributed by atoms with Gasteiger partial charge in [0.25, 0.3) is 0 Å². The zero-order valence-electron chi connectivity index (χ0n) is 4.78. The molecule has 0 aliphatic carbocycles. The molecule has 4 nitrogen and oxygen atoms in total. The molecule has 0 spiro atoms. The second kappa shape index (κ2) is 2.41.